The van der Waals surface area contributed by atoms with Gasteiger partial charge >= 0.3 is 0 Å². The number of benzene rings is 2. The Morgan fingerprint density at radius 2 is 1.96 bits per heavy atom. The molecule has 0 aliphatic carbocycles. The zero-order chi connectivity index (χ0) is 19.9. The number of amides is 1. The van der Waals surface area contributed by atoms with Crippen LogP contribution >= 0.6 is 0 Å². The molecule has 0 N–H and O–H groups in total. The summed E-state index contributed by atoms with van der Waals surface area (Å²) in [5.41, 5.74) is 4.18. The summed E-state index contributed by atoms with van der Waals surface area (Å²) in [6.07, 6.45) is 3.81. The topological polar surface area (TPSA) is 34.5 Å². The summed E-state index contributed by atoms with van der Waals surface area (Å²) in [6, 6.07) is 19.8. The van der Waals surface area contributed by atoms with E-state index in [-0.39, 0.29) is 5.91 Å². The van der Waals surface area contributed by atoms with E-state index in [1.807, 2.05) is 24.3 Å². The molecule has 0 bridgehead atoms. The van der Waals surface area contributed by atoms with Gasteiger partial charge in [0.1, 0.15) is 5.75 Å². The summed E-state index contributed by atoms with van der Waals surface area (Å²) in [6.45, 7) is 7.68. The molecule has 2 aromatic carbocycles. The van der Waals surface area contributed by atoms with Gasteiger partial charge in [-0.3, -0.25) is 4.79 Å². The van der Waals surface area contributed by atoms with Crippen molar-refractivity contribution in [1.29, 1.82) is 0 Å². The first-order valence-electron chi connectivity index (χ1n) is 9.34. The highest BCUT2D eigenvalue weighted by atomic mass is 16.5. The molecular weight excluding hydrogens is 348 g/mol. The van der Waals surface area contributed by atoms with E-state index in [9.17, 15) is 4.79 Å². The molecule has 0 unspecified atom stereocenters. The van der Waals surface area contributed by atoms with E-state index in [1.54, 1.807) is 24.2 Å². The third-order valence-electron chi connectivity index (χ3n) is 4.67. The normalized spacial score (nSPS) is 10.5. The van der Waals surface area contributed by atoms with Crippen LogP contribution in [0.25, 0.3) is 0 Å². The van der Waals surface area contributed by atoms with E-state index in [4.69, 9.17) is 4.74 Å². The number of rotatable bonds is 8. The lowest BCUT2D eigenvalue weighted by molar-refractivity contribution is 0.0759. The molecule has 4 heteroatoms. The SMILES string of the molecule is C=CCN(Cc1cccn1Cc1cccc(C)c1)C(=O)c1cccc(OC)c1. The van der Waals surface area contributed by atoms with E-state index in [0.717, 1.165) is 12.2 Å². The Morgan fingerprint density at radius 3 is 2.71 bits per heavy atom. The van der Waals surface area contributed by atoms with Crippen molar-refractivity contribution in [2.45, 2.75) is 20.0 Å². The first-order chi connectivity index (χ1) is 13.6. The molecule has 0 radical (unpaired) electrons. The maximum Gasteiger partial charge on any atom is 0.254 e. The molecule has 4 nitrogen and oxygen atoms in total. The lowest BCUT2D eigenvalue weighted by Gasteiger charge is -2.22. The standard InChI is InChI=1S/C24H26N2O2/c1-4-13-26(24(27)21-10-6-12-23(16-21)28-3)18-22-11-7-14-25(22)17-20-9-5-8-19(2)15-20/h4-12,14-16H,1,13,17-18H2,2-3H3. The van der Waals surface area contributed by atoms with Gasteiger partial charge in [0.15, 0.2) is 0 Å². The molecule has 0 atom stereocenters. The molecule has 0 saturated carbocycles. The summed E-state index contributed by atoms with van der Waals surface area (Å²) >= 11 is 0. The number of carbonyl (C=O) groups excluding carboxylic acids is 1. The molecule has 0 spiro atoms. The monoisotopic (exact) mass is 374 g/mol. The zero-order valence-electron chi connectivity index (χ0n) is 16.5. The Morgan fingerprint density at radius 1 is 1.14 bits per heavy atom. The van der Waals surface area contributed by atoms with Gasteiger partial charge in [-0.05, 0) is 42.8 Å². The van der Waals surface area contributed by atoms with Crippen LogP contribution in [0.5, 0.6) is 5.75 Å². The maximum absolute atomic E-state index is 13.1. The predicted octanol–water partition coefficient (Wildman–Crippen LogP) is 4.68. The molecule has 0 aliphatic heterocycles. The molecule has 0 saturated heterocycles. The molecule has 0 aliphatic rings. The zero-order valence-corrected chi connectivity index (χ0v) is 16.5. The van der Waals surface area contributed by atoms with Crippen LogP contribution in [0.15, 0.2) is 79.5 Å². The highest BCUT2D eigenvalue weighted by Gasteiger charge is 2.17. The second-order valence-corrected chi connectivity index (χ2v) is 6.82. The van der Waals surface area contributed by atoms with Gasteiger partial charge in [-0.1, -0.05) is 42.0 Å². The number of nitrogens with zero attached hydrogens (tertiary/aromatic N) is 2. The van der Waals surface area contributed by atoms with Crippen molar-refractivity contribution in [3.8, 4) is 5.75 Å². The molecule has 0 fully saturated rings. The minimum absolute atomic E-state index is 0.0397. The van der Waals surface area contributed by atoms with Crippen molar-refractivity contribution in [3.63, 3.8) is 0 Å². The molecule has 1 heterocycles. The van der Waals surface area contributed by atoms with Crippen LogP contribution < -0.4 is 4.74 Å². The van der Waals surface area contributed by atoms with Crippen molar-refractivity contribution in [2.75, 3.05) is 13.7 Å². The third kappa shape index (κ3) is 4.71. The van der Waals surface area contributed by atoms with Crippen molar-refractivity contribution < 1.29 is 9.53 Å². The minimum Gasteiger partial charge on any atom is -0.497 e. The van der Waals surface area contributed by atoms with Crippen LogP contribution in [-0.2, 0) is 13.1 Å². The van der Waals surface area contributed by atoms with Crippen molar-refractivity contribution in [1.82, 2.24) is 9.47 Å². The number of carbonyl (C=O) groups is 1. The number of methoxy groups -OCH3 is 1. The van der Waals surface area contributed by atoms with Crippen molar-refractivity contribution in [3.05, 3.63) is 102 Å². The number of ether oxygens (including phenoxy) is 1. The van der Waals surface area contributed by atoms with Gasteiger partial charge in [0.05, 0.1) is 13.7 Å². The van der Waals surface area contributed by atoms with Crippen LogP contribution in [0.3, 0.4) is 0 Å². The molecule has 3 rings (SSSR count). The average molecular weight is 374 g/mol. The number of aryl methyl sites for hydroxylation is 1. The fourth-order valence-corrected chi connectivity index (χ4v) is 3.26. The smallest absolute Gasteiger partial charge is 0.254 e. The first-order valence-corrected chi connectivity index (χ1v) is 9.34. The Bertz CT molecular complexity index is 958. The molecule has 28 heavy (non-hydrogen) atoms. The minimum atomic E-state index is -0.0397. The highest BCUT2D eigenvalue weighted by molar-refractivity contribution is 5.94. The van der Waals surface area contributed by atoms with Gasteiger partial charge in [0.25, 0.3) is 5.91 Å². The van der Waals surface area contributed by atoms with E-state index in [1.165, 1.54) is 11.1 Å². The van der Waals surface area contributed by atoms with Gasteiger partial charge in [0.2, 0.25) is 0 Å². The van der Waals surface area contributed by atoms with E-state index in [0.29, 0.717) is 24.4 Å². The van der Waals surface area contributed by atoms with Crippen molar-refractivity contribution >= 4 is 5.91 Å². The van der Waals surface area contributed by atoms with Gasteiger partial charge in [-0.15, -0.1) is 6.58 Å². The van der Waals surface area contributed by atoms with Crippen LogP contribution in [0.1, 0.15) is 27.2 Å². The fourth-order valence-electron chi connectivity index (χ4n) is 3.26. The van der Waals surface area contributed by atoms with Gasteiger partial charge in [-0.2, -0.15) is 0 Å². The molecule has 1 amide bonds. The Balaban J connectivity index is 1.80. The number of aromatic nitrogens is 1. The van der Waals surface area contributed by atoms with E-state index < -0.39 is 0 Å². The lowest BCUT2D eigenvalue weighted by atomic mass is 10.1. The molecular formula is C24H26N2O2. The molecule has 3 aromatic rings. The molecule has 1 aromatic heterocycles. The lowest BCUT2D eigenvalue weighted by Crippen LogP contribution is -2.31. The van der Waals surface area contributed by atoms with Gasteiger partial charge in [0, 0.05) is 30.5 Å². The first kappa shape index (κ1) is 19.5. The summed E-state index contributed by atoms with van der Waals surface area (Å²) in [5, 5.41) is 0. The van der Waals surface area contributed by atoms with Gasteiger partial charge < -0.3 is 14.2 Å². The summed E-state index contributed by atoms with van der Waals surface area (Å²) in [7, 11) is 1.60. The van der Waals surface area contributed by atoms with Crippen LogP contribution in [0, 0.1) is 6.92 Å². The largest absolute Gasteiger partial charge is 0.497 e. The number of hydrogen-bond acceptors (Lipinski definition) is 2. The summed E-state index contributed by atoms with van der Waals surface area (Å²) in [4.78, 5) is 14.9. The number of hydrogen-bond donors (Lipinski definition) is 0. The third-order valence-corrected chi connectivity index (χ3v) is 4.67. The highest BCUT2D eigenvalue weighted by Crippen LogP contribution is 2.17. The fraction of sp³-hybridized carbons (Fsp3) is 0.208. The second kappa shape index (κ2) is 9.09. The van der Waals surface area contributed by atoms with E-state index >= 15 is 0 Å². The van der Waals surface area contributed by atoms with Gasteiger partial charge in [-0.25, -0.2) is 0 Å². The van der Waals surface area contributed by atoms with Crippen LogP contribution in [0.4, 0.5) is 0 Å². The summed E-state index contributed by atoms with van der Waals surface area (Å²) in [5.74, 6) is 0.634. The molecule has 144 valence electrons. The average Bonchev–Trinajstić information content (AvgIpc) is 3.13. The van der Waals surface area contributed by atoms with E-state index in [2.05, 4.69) is 54.6 Å². The Labute approximate surface area is 166 Å². The van der Waals surface area contributed by atoms with Crippen molar-refractivity contribution in [2.24, 2.45) is 0 Å². The second-order valence-electron chi connectivity index (χ2n) is 6.82. The summed E-state index contributed by atoms with van der Waals surface area (Å²) < 4.78 is 7.43. The van der Waals surface area contributed by atoms with Crippen LogP contribution in [0.2, 0.25) is 0 Å². The quantitative estimate of drug-likeness (QED) is 0.537. The van der Waals surface area contributed by atoms with Crippen LogP contribution in [-0.4, -0.2) is 29.0 Å². The Hall–Kier alpha value is -3.27. The Kier molecular flexibility index (Phi) is 6.33. The maximum atomic E-state index is 13.1. The predicted molar refractivity (Wildman–Crippen MR) is 113 cm³/mol.